The second-order valence-corrected chi connectivity index (χ2v) is 11.5. The second kappa shape index (κ2) is 26.8. The van der Waals surface area contributed by atoms with Gasteiger partial charge in [-0.3, -0.25) is 14.5 Å². The number of allylic oxidation sites excluding steroid dienone is 4. The van der Waals surface area contributed by atoms with Gasteiger partial charge in [-0.15, -0.1) is 0 Å². The number of halogens is 5. The quantitative estimate of drug-likeness (QED) is 0.0696. The number of anilines is 1. The molecule has 0 saturated carbocycles. The number of aliphatic hydroxyl groups is 1. The van der Waals surface area contributed by atoms with Crippen LogP contribution >= 0.6 is 0 Å². The number of aldehydes is 1. The van der Waals surface area contributed by atoms with Crippen LogP contribution in [0.5, 0.6) is 0 Å². The fourth-order valence-electron chi connectivity index (χ4n) is 4.31. The highest BCUT2D eigenvalue weighted by molar-refractivity contribution is 6.01. The number of hydrogen-bond acceptors (Lipinski definition) is 7. The Morgan fingerprint density at radius 2 is 1.65 bits per heavy atom. The Balaban J connectivity index is 0. The van der Waals surface area contributed by atoms with Crippen LogP contribution in [0.25, 0.3) is 5.57 Å². The van der Waals surface area contributed by atoms with Crippen molar-refractivity contribution < 1.29 is 36.6 Å². The Kier molecular flexibility index (Phi) is 25.8. The minimum Gasteiger partial charge on any atom is -0.390 e. The number of Topliss-reactive ketones (excluding diaryl/α,β-unsaturated/α-hetero) is 1. The van der Waals surface area contributed by atoms with E-state index in [0.717, 1.165) is 50.4 Å². The van der Waals surface area contributed by atoms with Gasteiger partial charge in [-0.2, -0.15) is 18.3 Å². The van der Waals surface area contributed by atoms with Gasteiger partial charge in [-0.25, -0.2) is 8.78 Å². The zero-order chi connectivity index (χ0) is 40.5. The molecule has 1 saturated heterocycles. The minimum absolute atomic E-state index is 0.0364. The molecule has 2 aromatic rings. The van der Waals surface area contributed by atoms with Crippen molar-refractivity contribution in [1.29, 1.82) is 0 Å². The third kappa shape index (κ3) is 19.6. The van der Waals surface area contributed by atoms with Crippen LogP contribution in [0.1, 0.15) is 122 Å². The third-order valence-electron chi connectivity index (χ3n) is 7.52. The summed E-state index contributed by atoms with van der Waals surface area (Å²) >= 11 is 0. The number of piperidine rings is 1. The summed E-state index contributed by atoms with van der Waals surface area (Å²) in [6.07, 6.45) is 3.41. The second-order valence-electron chi connectivity index (χ2n) is 11.5. The number of ketones is 1. The molecule has 8 nitrogen and oxygen atoms in total. The molecule has 1 aliphatic heterocycles. The Morgan fingerprint density at radius 1 is 1.10 bits per heavy atom. The maximum atomic E-state index is 13.3. The average Bonchev–Trinajstić information content (AvgIpc) is 3.56. The van der Waals surface area contributed by atoms with Gasteiger partial charge < -0.3 is 20.5 Å². The van der Waals surface area contributed by atoms with Gasteiger partial charge in [0.25, 0.3) is 6.43 Å². The molecule has 0 amide bonds. The van der Waals surface area contributed by atoms with Crippen LogP contribution in [0.4, 0.5) is 27.6 Å². The monoisotopic (exact) mass is 741 g/mol. The van der Waals surface area contributed by atoms with E-state index in [2.05, 4.69) is 27.3 Å². The first-order valence-corrected chi connectivity index (χ1v) is 17.6. The zero-order valence-electron chi connectivity index (χ0n) is 32.6. The van der Waals surface area contributed by atoms with E-state index in [1.807, 2.05) is 66.7 Å². The van der Waals surface area contributed by atoms with Crippen molar-refractivity contribution in [3.63, 3.8) is 0 Å². The molecule has 3 rings (SSSR count). The molecule has 294 valence electrons. The van der Waals surface area contributed by atoms with Gasteiger partial charge in [0.1, 0.15) is 12.8 Å². The van der Waals surface area contributed by atoms with Crippen molar-refractivity contribution in [2.75, 3.05) is 18.4 Å². The summed E-state index contributed by atoms with van der Waals surface area (Å²) in [5, 5.41) is 19.2. The molecule has 0 atom stereocenters. The van der Waals surface area contributed by atoms with Crippen molar-refractivity contribution in [2.45, 2.75) is 126 Å². The van der Waals surface area contributed by atoms with Crippen LogP contribution in [0.15, 0.2) is 60.0 Å². The third-order valence-corrected chi connectivity index (χ3v) is 7.52. The van der Waals surface area contributed by atoms with Crippen LogP contribution in [0.2, 0.25) is 0 Å². The van der Waals surface area contributed by atoms with Crippen LogP contribution in [0, 0.1) is 0 Å². The lowest BCUT2D eigenvalue weighted by atomic mass is 9.90. The lowest BCUT2D eigenvalue weighted by molar-refractivity contribution is -0.141. The predicted octanol–water partition coefficient (Wildman–Crippen LogP) is 10.1. The van der Waals surface area contributed by atoms with Crippen LogP contribution in [-0.4, -0.2) is 57.8 Å². The van der Waals surface area contributed by atoms with Gasteiger partial charge in [0.05, 0.1) is 17.0 Å². The molecule has 0 radical (unpaired) electrons. The summed E-state index contributed by atoms with van der Waals surface area (Å²) in [4.78, 5) is 25.0. The number of aliphatic imine (C=N–C) groups is 1. The number of carbonyl (C=O) groups excluding carboxylic acids is 2. The van der Waals surface area contributed by atoms with E-state index in [0.29, 0.717) is 40.2 Å². The number of hydrogen-bond donors (Lipinski definition) is 3. The highest BCUT2D eigenvalue weighted by Gasteiger charge is 2.37. The largest absolute Gasteiger partial charge is 0.435 e. The van der Waals surface area contributed by atoms with Gasteiger partial charge in [0.2, 0.25) is 0 Å². The van der Waals surface area contributed by atoms with Gasteiger partial charge >= 0.3 is 6.18 Å². The lowest BCUT2D eigenvalue weighted by Gasteiger charge is -2.31. The highest BCUT2D eigenvalue weighted by atomic mass is 19.4. The Bertz CT molecular complexity index is 1440. The molecule has 0 bridgehead atoms. The van der Waals surface area contributed by atoms with Crippen LogP contribution in [-0.2, 0) is 23.9 Å². The first-order valence-electron chi connectivity index (χ1n) is 17.6. The summed E-state index contributed by atoms with van der Waals surface area (Å²) in [7, 11) is 0. The van der Waals surface area contributed by atoms with Crippen molar-refractivity contribution in [1.82, 2.24) is 15.1 Å². The normalized spacial score (nSPS) is 14.0. The molecule has 0 spiro atoms. The minimum atomic E-state index is -4.80. The highest BCUT2D eigenvalue weighted by Crippen LogP contribution is 2.34. The molecular formula is C39H60F5N5O3. The summed E-state index contributed by atoms with van der Waals surface area (Å²) in [6.45, 7) is 23.2. The number of carbonyl (C=O) groups is 2. The fraction of sp³-hybridized carbons (Fsp3) is 0.538. The van der Waals surface area contributed by atoms with Crippen molar-refractivity contribution >= 4 is 29.0 Å². The van der Waals surface area contributed by atoms with E-state index in [9.17, 15) is 36.6 Å². The van der Waals surface area contributed by atoms with Crippen molar-refractivity contribution in [3.8, 4) is 0 Å². The number of aryl methyl sites for hydroxylation is 1. The van der Waals surface area contributed by atoms with E-state index < -0.39 is 24.8 Å². The number of nitrogens with zero attached hydrogens (tertiary/aromatic N) is 3. The Morgan fingerprint density at radius 3 is 2.06 bits per heavy atom. The summed E-state index contributed by atoms with van der Waals surface area (Å²) in [6, 6.07) is 5.26. The molecule has 3 N–H and O–H groups in total. The molecule has 1 aromatic carbocycles. The van der Waals surface area contributed by atoms with Crippen LogP contribution < -0.4 is 10.6 Å². The first kappa shape index (κ1) is 50.1. The van der Waals surface area contributed by atoms with Gasteiger partial charge in [-0.05, 0) is 103 Å². The molecule has 2 heterocycles. The molecule has 1 fully saturated rings. The summed E-state index contributed by atoms with van der Waals surface area (Å²) in [5.41, 5.74) is 1.17. The Labute approximate surface area is 307 Å². The van der Waals surface area contributed by atoms with E-state index in [1.165, 1.54) is 20.0 Å². The van der Waals surface area contributed by atoms with E-state index >= 15 is 0 Å². The van der Waals surface area contributed by atoms with E-state index in [1.54, 1.807) is 19.1 Å². The SMILES string of the molecule is C/C=C\C.C=C(Nc1ccc(C(C)=O)c(CC)c1)C(C)=N/C=C(\C)c1cn(CC(F)F)nc1C(F)(F)F.CC.CCC1(O)CCNCC1.CCC=O. The zero-order valence-corrected chi connectivity index (χ0v) is 32.6. The number of alkyl halides is 5. The number of benzene rings is 1. The maximum absolute atomic E-state index is 13.3. The molecule has 0 aliphatic carbocycles. The summed E-state index contributed by atoms with van der Waals surface area (Å²) < 4.78 is 65.6. The molecule has 52 heavy (non-hydrogen) atoms. The first-order chi connectivity index (χ1) is 24.4. The smallest absolute Gasteiger partial charge is 0.390 e. The maximum Gasteiger partial charge on any atom is 0.435 e. The average molecular weight is 742 g/mol. The van der Waals surface area contributed by atoms with Crippen LogP contribution in [0.3, 0.4) is 0 Å². The number of rotatable bonds is 11. The van der Waals surface area contributed by atoms with E-state index in [4.69, 9.17) is 0 Å². The van der Waals surface area contributed by atoms with Gasteiger partial charge in [0, 0.05) is 35.6 Å². The lowest BCUT2D eigenvalue weighted by Crippen LogP contribution is -2.41. The fourth-order valence-corrected chi connectivity index (χ4v) is 4.31. The van der Waals surface area contributed by atoms with Gasteiger partial charge in [0.15, 0.2) is 11.5 Å². The predicted molar refractivity (Wildman–Crippen MR) is 204 cm³/mol. The van der Waals surface area contributed by atoms with Gasteiger partial charge in [-0.1, -0.05) is 53.3 Å². The Hall–Kier alpha value is -3.97. The molecule has 1 aromatic heterocycles. The number of aromatic nitrogens is 2. The van der Waals surface area contributed by atoms with Crippen molar-refractivity contribution in [3.05, 3.63) is 77.4 Å². The molecular weight excluding hydrogens is 681 g/mol. The molecule has 13 heteroatoms. The van der Waals surface area contributed by atoms with E-state index in [-0.39, 0.29) is 22.5 Å². The molecule has 1 aliphatic rings. The standard InChI is InChI=1S/C23H25F5N4O.C7H15NO.C4H8.C3H6O.C2H6/c1-6-17-9-18(7-8-19(17)16(5)33)30-15(4)14(3)29-10-13(2)20-11-32(12-21(24)25)31-22(20)23(26,27)28;1-2-7(9)3-5-8-6-4-7;1-3-4-2;1-2-3-4;1-2/h7-11,21,30H,4,6,12H2,1-3,5H3;8-9H,2-6H2,1H3;3-4H,1-2H3;3H,2H2,1H3;1-2H3/b13-10+,29-14?;;4-3-;;. The summed E-state index contributed by atoms with van der Waals surface area (Å²) in [5.74, 6) is -0.0364. The van der Waals surface area contributed by atoms with Crippen molar-refractivity contribution in [2.24, 2.45) is 4.99 Å². The molecule has 0 unspecified atom stereocenters. The topological polar surface area (TPSA) is 109 Å². The number of nitrogens with one attached hydrogen (secondary N) is 2.